The van der Waals surface area contributed by atoms with E-state index < -0.39 is 6.16 Å². The third kappa shape index (κ3) is 7.91. The summed E-state index contributed by atoms with van der Waals surface area (Å²) < 4.78 is 10.6. The molecule has 4 aromatic rings. The van der Waals surface area contributed by atoms with E-state index in [9.17, 15) is 15.0 Å². The average molecular weight is 483 g/mol. The van der Waals surface area contributed by atoms with Crippen molar-refractivity contribution in [1.29, 1.82) is 0 Å². The van der Waals surface area contributed by atoms with E-state index in [0.717, 1.165) is 49.7 Å². The number of aromatic hydroxyl groups is 2. The Hall–Kier alpha value is -4.25. The van der Waals surface area contributed by atoms with E-state index in [4.69, 9.17) is 9.47 Å². The summed E-state index contributed by atoms with van der Waals surface area (Å²) in [4.78, 5) is 12.2. The Kier molecular flexibility index (Phi) is 8.60. The van der Waals surface area contributed by atoms with E-state index in [1.165, 1.54) is 11.1 Å². The number of rotatable bonds is 10. The fourth-order valence-electron chi connectivity index (χ4n) is 3.98. The second kappa shape index (κ2) is 12.5. The van der Waals surface area contributed by atoms with Gasteiger partial charge in [0.2, 0.25) is 0 Å². The number of carbonyl (C=O) groups excluding carboxylic acids is 1. The fraction of sp³-hybridized carbons (Fsp3) is 0.194. The zero-order valence-corrected chi connectivity index (χ0v) is 20.1. The predicted octanol–water partition coefficient (Wildman–Crippen LogP) is 7.03. The van der Waals surface area contributed by atoms with Gasteiger partial charge in [0.15, 0.2) is 0 Å². The SMILES string of the molecule is O=C(Oc1ccc(CCCc2ccc(O)cc2)cc1)Oc1ccc(CCCc2ccc(O)cc2)cc1. The van der Waals surface area contributed by atoms with Crippen molar-refractivity contribution in [3.8, 4) is 23.0 Å². The van der Waals surface area contributed by atoms with Crippen molar-refractivity contribution in [3.05, 3.63) is 119 Å². The van der Waals surface area contributed by atoms with Crippen molar-refractivity contribution in [2.75, 3.05) is 0 Å². The van der Waals surface area contributed by atoms with Gasteiger partial charge in [0, 0.05) is 0 Å². The first-order valence-corrected chi connectivity index (χ1v) is 12.2. The van der Waals surface area contributed by atoms with Crippen LogP contribution in [0.3, 0.4) is 0 Å². The fourth-order valence-corrected chi connectivity index (χ4v) is 3.98. The van der Waals surface area contributed by atoms with Crippen LogP contribution in [0.1, 0.15) is 35.1 Å². The topological polar surface area (TPSA) is 76.0 Å². The van der Waals surface area contributed by atoms with Crippen molar-refractivity contribution >= 4 is 6.16 Å². The summed E-state index contributed by atoms with van der Waals surface area (Å²) >= 11 is 0. The Morgan fingerprint density at radius 1 is 0.472 bits per heavy atom. The quantitative estimate of drug-likeness (QED) is 0.188. The van der Waals surface area contributed by atoms with Crippen LogP contribution in [-0.2, 0) is 25.7 Å². The Bertz CT molecular complexity index is 1130. The molecule has 0 fully saturated rings. The van der Waals surface area contributed by atoms with E-state index in [1.54, 1.807) is 48.5 Å². The summed E-state index contributed by atoms with van der Waals surface area (Å²) in [7, 11) is 0. The van der Waals surface area contributed by atoms with Crippen molar-refractivity contribution in [2.45, 2.75) is 38.5 Å². The lowest BCUT2D eigenvalue weighted by Gasteiger charge is -2.08. The molecule has 0 radical (unpaired) electrons. The van der Waals surface area contributed by atoms with Crippen LogP contribution in [0.2, 0.25) is 0 Å². The van der Waals surface area contributed by atoms with Gasteiger partial charge in [-0.15, -0.1) is 0 Å². The highest BCUT2D eigenvalue weighted by atomic mass is 16.7. The summed E-state index contributed by atoms with van der Waals surface area (Å²) in [5.74, 6) is 1.44. The van der Waals surface area contributed by atoms with Gasteiger partial charge in [-0.2, -0.15) is 0 Å². The van der Waals surface area contributed by atoms with E-state index in [1.807, 2.05) is 48.5 Å². The van der Waals surface area contributed by atoms with Crippen LogP contribution < -0.4 is 9.47 Å². The van der Waals surface area contributed by atoms with Crippen LogP contribution in [0.5, 0.6) is 23.0 Å². The first-order valence-electron chi connectivity index (χ1n) is 12.2. The molecule has 0 spiro atoms. The van der Waals surface area contributed by atoms with Crippen LogP contribution in [0.15, 0.2) is 97.1 Å². The van der Waals surface area contributed by atoms with Gasteiger partial charge in [0.1, 0.15) is 23.0 Å². The molecule has 0 aromatic heterocycles. The first-order chi connectivity index (χ1) is 17.5. The van der Waals surface area contributed by atoms with Crippen molar-refractivity contribution in [1.82, 2.24) is 0 Å². The zero-order chi connectivity index (χ0) is 25.2. The van der Waals surface area contributed by atoms with Crippen molar-refractivity contribution in [2.24, 2.45) is 0 Å². The number of hydrogen-bond donors (Lipinski definition) is 2. The maximum absolute atomic E-state index is 12.2. The normalized spacial score (nSPS) is 10.7. The van der Waals surface area contributed by atoms with Crippen LogP contribution in [0.25, 0.3) is 0 Å². The number of phenols is 2. The molecule has 0 heterocycles. The number of hydrogen-bond acceptors (Lipinski definition) is 5. The number of ether oxygens (including phenoxy) is 2. The molecule has 0 aliphatic heterocycles. The third-order valence-corrected chi connectivity index (χ3v) is 5.98. The third-order valence-electron chi connectivity index (χ3n) is 5.98. The lowest BCUT2D eigenvalue weighted by molar-refractivity contribution is 0.152. The largest absolute Gasteiger partial charge is 0.519 e. The van der Waals surface area contributed by atoms with E-state index in [2.05, 4.69) is 0 Å². The molecule has 0 aliphatic carbocycles. The van der Waals surface area contributed by atoms with Gasteiger partial charge in [-0.1, -0.05) is 48.5 Å². The molecule has 184 valence electrons. The molecule has 2 N–H and O–H groups in total. The number of aryl methyl sites for hydroxylation is 4. The standard InChI is InChI=1S/C31H30O5/c32-27-15-7-23(8-16-27)3-1-5-25-11-19-29(20-12-25)35-31(34)36-30-21-13-26(14-22-30)6-2-4-24-9-17-28(33)18-10-24/h7-22,32-33H,1-6H2. The van der Waals surface area contributed by atoms with Crippen LogP contribution in [-0.4, -0.2) is 16.4 Å². The van der Waals surface area contributed by atoms with Gasteiger partial charge in [-0.3, -0.25) is 0 Å². The second-order valence-corrected chi connectivity index (χ2v) is 8.78. The zero-order valence-electron chi connectivity index (χ0n) is 20.1. The summed E-state index contributed by atoms with van der Waals surface area (Å²) in [6, 6.07) is 29.5. The molecule has 0 unspecified atom stereocenters. The Morgan fingerprint density at radius 2 is 0.750 bits per heavy atom. The van der Waals surface area contributed by atoms with Crippen LogP contribution >= 0.6 is 0 Å². The molecule has 0 amide bonds. The van der Waals surface area contributed by atoms with Crippen LogP contribution in [0.4, 0.5) is 4.79 Å². The van der Waals surface area contributed by atoms with Gasteiger partial charge in [-0.05, 0) is 109 Å². The first kappa shape index (κ1) is 24.9. The lowest BCUT2D eigenvalue weighted by Crippen LogP contribution is -2.13. The Balaban J connectivity index is 1.17. The monoisotopic (exact) mass is 482 g/mol. The van der Waals surface area contributed by atoms with Gasteiger partial charge in [-0.25, -0.2) is 4.79 Å². The Morgan fingerprint density at radius 3 is 1.06 bits per heavy atom. The molecular weight excluding hydrogens is 452 g/mol. The molecule has 0 saturated heterocycles. The van der Waals surface area contributed by atoms with E-state index >= 15 is 0 Å². The summed E-state index contributed by atoms with van der Waals surface area (Å²) in [5.41, 5.74) is 4.71. The molecule has 0 aliphatic rings. The minimum atomic E-state index is -0.768. The predicted molar refractivity (Wildman–Crippen MR) is 140 cm³/mol. The summed E-state index contributed by atoms with van der Waals surface area (Å²) in [6.07, 6.45) is 4.89. The molecular formula is C31H30O5. The van der Waals surface area contributed by atoms with Gasteiger partial charge >= 0.3 is 6.16 Å². The Labute approximate surface area is 211 Å². The molecule has 5 heteroatoms. The molecule has 0 bridgehead atoms. The number of benzene rings is 4. The smallest absolute Gasteiger partial charge is 0.508 e. The van der Waals surface area contributed by atoms with E-state index in [0.29, 0.717) is 11.5 Å². The average Bonchev–Trinajstić information content (AvgIpc) is 2.88. The highest BCUT2D eigenvalue weighted by molar-refractivity contribution is 5.67. The molecule has 0 atom stereocenters. The number of phenolic OH excluding ortho intramolecular Hbond substituents is 2. The molecule has 4 rings (SSSR count). The second-order valence-electron chi connectivity index (χ2n) is 8.78. The van der Waals surface area contributed by atoms with Gasteiger partial charge in [0.25, 0.3) is 0 Å². The highest BCUT2D eigenvalue weighted by Crippen LogP contribution is 2.19. The van der Waals surface area contributed by atoms with Gasteiger partial charge in [0.05, 0.1) is 0 Å². The minimum Gasteiger partial charge on any atom is -0.508 e. The molecule has 4 aromatic carbocycles. The molecule has 5 nitrogen and oxygen atoms in total. The van der Waals surface area contributed by atoms with E-state index in [-0.39, 0.29) is 11.5 Å². The molecule has 0 saturated carbocycles. The maximum Gasteiger partial charge on any atom is 0.519 e. The minimum absolute atomic E-state index is 0.281. The molecule has 36 heavy (non-hydrogen) atoms. The lowest BCUT2D eigenvalue weighted by atomic mass is 10.0. The maximum atomic E-state index is 12.2. The van der Waals surface area contributed by atoms with Gasteiger partial charge < -0.3 is 19.7 Å². The number of carbonyl (C=O) groups is 1. The highest BCUT2D eigenvalue weighted by Gasteiger charge is 2.08. The van der Waals surface area contributed by atoms with Crippen molar-refractivity contribution in [3.63, 3.8) is 0 Å². The summed E-state index contributed by atoms with van der Waals surface area (Å²) in [6.45, 7) is 0. The van der Waals surface area contributed by atoms with Crippen molar-refractivity contribution < 1.29 is 24.5 Å². The summed E-state index contributed by atoms with van der Waals surface area (Å²) in [5, 5.41) is 18.7. The van der Waals surface area contributed by atoms with Crippen LogP contribution in [0, 0.1) is 0 Å².